The highest BCUT2D eigenvalue weighted by molar-refractivity contribution is 5.54. The Morgan fingerprint density at radius 2 is 2.00 bits per heavy atom. The van der Waals surface area contributed by atoms with Crippen LogP contribution in [-0.2, 0) is 6.42 Å². The Hall–Kier alpha value is -1.22. The minimum atomic E-state index is 0.666. The van der Waals surface area contributed by atoms with Gasteiger partial charge in [0, 0.05) is 24.8 Å². The Morgan fingerprint density at radius 1 is 1.24 bits per heavy atom. The Morgan fingerprint density at radius 3 is 2.65 bits per heavy atom. The first-order valence-electron chi connectivity index (χ1n) is 6.47. The summed E-state index contributed by atoms with van der Waals surface area (Å²) in [6.45, 7) is 3.00. The van der Waals surface area contributed by atoms with Crippen molar-refractivity contribution in [3.63, 3.8) is 0 Å². The van der Waals surface area contributed by atoms with Gasteiger partial charge < -0.3 is 15.4 Å². The molecular weight excluding hydrogens is 212 g/mol. The molecule has 1 fully saturated rings. The van der Waals surface area contributed by atoms with E-state index in [9.17, 15) is 0 Å². The van der Waals surface area contributed by atoms with Gasteiger partial charge in [0.15, 0.2) is 0 Å². The average molecular weight is 234 g/mol. The number of hydrogen-bond acceptors (Lipinski definition) is 3. The minimum Gasteiger partial charge on any atom is -0.496 e. The molecule has 1 aromatic rings. The second-order valence-corrected chi connectivity index (χ2v) is 4.58. The lowest BCUT2D eigenvalue weighted by Crippen LogP contribution is -2.29. The van der Waals surface area contributed by atoms with Crippen molar-refractivity contribution in [3.8, 4) is 5.75 Å². The lowest BCUT2D eigenvalue weighted by atomic mass is 10.1. The zero-order valence-corrected chi connectivity index (χ0v) is 10.6. The lowest BCUT2D eigenvalue weighted by Gasteiger charge is -2.29. The Labute approximate surface area is 104 Å². The van der Waals surface area contributed by atoms with E-state index in [2.05, 4.69) is 23.1 Å². The fourth-order valence-electron chi connectivity index (χ4n) is 2.44. The van der Waals surface area contributed by atoms with E-state index in [0.717, 1.165) is 12.2 Å². The van der Waals surface area contributed by atoms with Crippen LogP contribution >= 0.6 is 0 Å². The number of nitrogens with zero attached hydrogens (tertiary/aromatic N) is 1. The fraction of sp³-hybridized carbons (Fsp3) is 0.571. The van der Waals surface area contributed by atoms with E-state index < -0.39 is 0 Å². The topological polar surface area (TPSA) is 38.5 Å². The third kappa shape index (κ3) is 2.91. The number of nitrogens with two attached hydrogens (primary N) is 1. The quantitative estimate of drug-likeness (QED) is 0.868. The molecule has 2 rings (SSSR count). The van der Waals surface area contributed by atoms with E-state index in [0.29, 0.717) is 6.54 Å². The SMILES string of the molecule is COc1cc(N2CCCCC2)ccc1CCN. The molecule has 0 spiro atoms. The monoisotopic (exact) mass is 234 g/mol. The van der Waals surface area contributed by atoms with Crippen molar-refractivity contribution in [1.82, 2.24) is 0 Å². The predicted octanol–water partition coefficient (Wildman–Crippen LogP) is 2.19. The first-order valence-corrected chi connectivity index (χ1v) is 6.47. The molecule has 1 aromatic carbocycles. The van der Waals surface area contributed by atoms with Crippen LogP contribution in [0, 0.1) is 0 Å². The largest absolute Gasteiger partial charge is 0.496 e. The highest BCUT2D eigenvalue weighted by Crippen LogP contribution is 2.27. The van der Waals surface area contributed by atoms with Crippen molar-refractivity contribution in [3.05, 3.63) is 23.8 Å². The molecular formula is C14H22N2O. The predicted molar refractivity (Wildman–Crippen MR) is 71.8 cm³/mol. The zero-order valence-electron chi connectivity index (χ0n) is 10.6. The maximum atomic E-state index is 5.60. The van der Waals surface area contributed by atoms with E-state index in [1.165, 1.54) is 43.6 Å². The molecule has 1 aliphatic heterocycles. The van der Waals surface area contributed by atoms with Crippen molar-refractivity contribution in [2.75, 3.05) is 31.6 Å². The van der Waals surface area contributed by atoms with Crippen molar-refractivity contribution < 1.29 is 4.74 Å². The molecule has 94 valence electrons. The maximum Gasteiger partial charge on any atom is 0.124 e. The van der Waals surface area contributed by atoms with Crippen LogP contribution < -0.4 is 15.4 Å². The third-order valence-electron chi connectivity index (χ3n) is 3.41. The second kappa shape index (κ2) is 5.92. The number of anilines is 1. The number of rotatable bonds is 4. The van der Waals surface area contributed by atoms with Crippen LogP contribution in [0.5, 0.6) is 5.75 Å². The lowest BCUT2D eigenvalue weighted by molar-refractivity contribution is 0.409. The van der Waals surface area contributed by atoms with Crippen LogP contribution in [-0.4, -0.2) is 26.7 Å². The smallest absolute Gasteiger partial charge is 0.124 e. The number of ether oxygens (including phenoxy) is 1. The van der Waals surface area contributed by atoms with Crippen LogP contribution in [0.4, 0.5) is 5.69 Å². The summed E-state index contributed by atoms with van der Waals surface area (Å²) in [7, 11) is 1.73. The molecule has 0 saturated carbocycles. The van der Waals surface area contributed by atoms with Gasteiger partial charge in [0.1, 0.15) is 5.75 Å². The number of hydrogen-bond donors (Lipinski definition) is 1. The number of benzene rings is 1. The molecule has 1 heterocycles. The summed E-state index contributed by atoms with van der Waals surface area (Å²) in [5.74, 6) is 0.971. The number of piperidine rings is 1. The van der Waals surface area contributed by atoms with E-state index in [1.807, 2.05) is 0 Å². The zero-order chi connectivity index (χ0) is 12.1. The highest BCUT2D eigenvalue weighted by Gasteiger charge is 2.12. The van der Waals surface area contributed by atoms with E-state index in [4.69, 9.17) is 10.5 Å². The van der Waals surface area contributed by atoms with Gasteiger partial charge in [-0.2, -0.15) is 0 Å². The van der Waals surface area contributed by atoms with E-state index in [-0.39, 0.29) is 0 Å². The van der Waals surface area contributed by atoms with Crippen molar-refractivity contribution in [2.24, 2.45) is 5.73 Å². The molecule has 0 unspecified atom stereocenters. The molecule has 0 atom stereocenters. The standard InChI is InChI=1S/C14H22N2O/c1-17-14-11-13(6-5-12(14)7-8-15)16-9-3-2-4-10-16/h5-6,11H,2-4,7-10,15H2,1H3. The van der Waals surface area contributed by atoms with Gasteiger partial charge in [-0.25, -0.2) is 0 Å². The third-order valence-corrected chi connectivity index (χ3v) is 3.41. The van der Waals surface area contributed by atoms with Gasteiger partial charge >= 0.3 is 0 Å². The molecule has 0 aromatic heterocycles. The van der Waals surface area contributed by atoms with Gasteiger partial charge in [0.2, 0.25) is 0 Å². The van der Waals surface area contributed by atoms with E-state index in [1.54, 1.807) is 7.11 Å². The van der Waals surface area contributed by atoms with Gasteiger partial charge in [-0.1, -0.05) is 6.07 Å². The summed E-state index contributed by atoms with van der Waals surface area (Å²) in [4.78, 5) is 2.44. The molecule has 1 saturated heterocycles. The van der Waals surface area contributed by atoms with E-state index >= 15 is 0 Å². The van der Waals surface area contributed by atoms with Gasteiger partial charge in [0.05, 0.1) is 7.11 Å². The average Bonchev–Trinajstić information content (AvgIpc) is 2.40. The van der Waals surface area contributed by atoms with Crippen LogP contribution in [0.15, 0.2) is 18.2 Å². The summed E-state index contributed by atoms with van der Waals surface area (Å²) in [6, 6.07) is 6.49. The van der Waals surface area contributed by atoms with Gasteiger partial charge in [-0.15, -0.1) is 0 Å². The van der Waals surface area contributed by atoms with Crippen molar-refractivity contribution >= 4 is 5.69 Å². The van der Waals surface area contributed by atoms with Crippen LogP contribution in [0.3, 0.4) is 0 Å². The Kier molecular flexibility index (Phi) is 4.26. The molecule has 1 aliphatic rings. The normalized spacial score (nSPS) is 16.0. The molecule has 0 bridgehead atoms. The van der Waals surface area contributed by atoms with Crippen molar-refractivity contribution in [2.45, 2.75) is 25.7 Å². The number of methoxy groups -OCH3 is 1. The Balaban J connectivity index is 2.17. The first kappa shape index (κ1) is 12.2. The van der Waals surface area contributed by atoms with Gasteiger partial charge in [0.25, 0.3) is 0 Å². The highest BCUT2D eigenvalue weighted by atomic mass is 16.5. The molecule has 0 radical (unpaired) electrons. The van der Waals surface area contributed by atoms with Crippen molar-refractivity contribution in [1.29, 1.82) is 0 Å². The second-order valence-electron chi connectivity index (χ2n) is 4.58. The Bertz CT molecular complexity index is 359. The van der Waals surface area contributed by atoms with Gasteiger partial charge in [-0.05, 0) is 43.9 Å². The summed E-state index contributed by atoms with van der Waals surface area (Å²) < 4.78 is 5.45. The summed E-state index contributed by atoms with van der Waals surface area (Å²) in [5.41, 5.74) is 8.08. The fourth-order valence-corrected chi connectivity index (χ4v) is 2.44. The summed E-state index contributed by atoms with van der Waals surface area (Å²) >= 11 is 0. The summed E-state index contributed by atoms with van der Waals surface area (Å²) in [6.07, 6.45) is 4.84. The molecule has 3 heteroatoms. The first-order chi connectivity index (χ1) is 8.35. The van der Waals surface area contributed by atoms with Crippen LogP contribution in [0.1, 0.15) is 24.8 Å². The molecule has 3 nitrogen and oxygen atoms in total. The molecule has 17 heavy (non-hydrogen) atoms. The summed E-state index contributed by atoms with van der Waals surface area (Å²) in [5, 5.41) is 0. The van der Waals surface area contributed by atoms with Crippen LogP contribution in [0.2, 0.25) is 0 Å². The minimum absolute atomic E-state index is 0.666. The molecule has 2 N–H and O–H groups in total. The van der Waals surface area contributed by atoms with Crippen LogP contribution in [0.25, 0.3) is 0 Å². The molecule has 0 aliphatic carbocycles. The molecule has 0 amide bonds. The maximum absolute atomic E-state index is 5.60. The van der Waals surface area contributed by atoms with Gasteiger partial charge in [-0.3, -0.25) is 0 Å².